The van der Waals surface area contributed by atoms with Crippen LogP contribution >= 0.6 is 0 Å². The summed E-state index contributed by atoms with van der Waals surface area (Å²) in [5, 5.41) is 4.32. The van der Waals surface area contributed by atoms with Gasteiger partial charge < -0.3 is 10.6 Å². The lowest BCUT2D eigenvalue weighted by molar-refractivity contribution is 0.382. The van der Waals surface area contributed by atoms with E-state index in [2.05, 4.69) is 40.6 Å². The molecule has 2 rings (SSSR count). The van der Waals surface area contributed by atoms with Crippen LogP contribution in [-0.2, 0) is 0 Å². The lowest BCUT2D eigenvalue weighted by Crippen LogP contribution is -2.16. The quantitative estimate of drug-likeness (QED) is 0.840. The Hall–Kier alpha value is -0.870. The average molecular weight is 256 g/mol. The van der Waals surface area contributed by atoms with Crippen LogP contribution in [0.1, 0.15) is 45.7 Å². The van der Waals surface area contributed by atoms with Crippen molar-refractivity contribution in [1.29, 1.82) is 0 Å². The number of nitrogens with zero attached hydrogens (tertiary/aromatic N) is 3. The van der Waals surface area contributed by atoms with E-state index in [1.807, 2.05) is 33.9 Å². The highest BCUT2D eigenvalue weighted by Gasteiger charge is 2.20. The van der Waals surface area contributed by atoms with Crippen molar-refractivity contribution < 1.29 is 0 Å². The minimum Gasteiger partial charge on any atom is -0.333 e. The second-order valence-electron chi connectivity index (χ2n) is 3.70. The smallest absolute Gasteiger partial charge is 0.0658 e. The third-order valence-electron chi connectivity index (χ3n) is 2.47. The molecule has 1 atom stereocenters. The largest absolute Gasteiger partial charge is 0.333 e. The standard InChI is InChI=1S/C9H15N3.2C2H6.CH5N/c1-8-5-10-12(6-8)9-3-4-11(2)7-9;3*1-2/h5-6,9H,3-4,7H2,1-2H3;2*1-2H3;2H2,1H3. The van der Waals surface area contributed by atoms with E-state index in [0.717, 1.165) is 6.54 Å². The molecule has 0 saturated carbocycles. The first-order valence-corrected chi connectivity index (χ1v) is 7.03. The first-order chi connectivity index (χ1) is 8.75. The molecule has 1 saturated heterocycles. The summed E-state index contributed by atoms with van der Waals surface area (Å²) < 4.78 is 2.10. The van der Waals surface area contributed by atoms with Crippen molar-refractivity contribution in [2.45, 2.75) is 47.1 Å². The fourth-order valence-electron chi connectivity index (χ4n) is 1.76. The number of aromatic nitrogens is 2. The second-order valence-corrected chi connectivity index (χ2v) is 3.70. The van der Waals surface area contributed by atoms with Crippen LogP contribution in [0.15, 0.2) is 12.4 Å². The third kappa shape index (κ3) is 6.77. The van der Waals surface area contributed by atoms with Gasteiger partial charge in [-0.25, -0.2) is 0 Å². The van der Waals surface area contributed by atoms with E-state index in [9.17, 15) is 0 Å². The molecular weight excluding hydrogens is 224 g/mol. The minimum atomic E-state index is 0.601. The summed E-state index contributed by atoms with van der Waals surface area (Å²) in [6.07, 6.45) is 5.29. The van der Waals surface area contributed by atoms with Crippen LogP contribution in [0, 0.1) is 6.92 Å². The predicted molar refractivity (Wildman–Crippen MR) is 80.9 cm³/mol. The molecule has 1 unspecified atom stereocenters. The molecule has 1 aromatic heterocycles. The van der Waals surface area contributed by atoms with Crippen molar-refractivity contribution in [1.82, 2.24) is 14.7 Å². The fraction of sp³-hybridized carbons (Fsp3) is 0.786. The Morgan fingerprint density at radius 3 is 2.11 bits per heavy atom. The third-order valence-corrected chi connectivity index (χ3v) is 2.47. The Balaban J connectivity index is 0. The van der Waals surface area contributed by atoms with Gasteiger partial charge in [0.1, 0.15) is 0 Å². The molecule has 0 bridgehead atoms. The maximum Gasteiger partial charge on any atom is 0.0658 e. The molecule has 0 amide bonds. The van der Waals surface area contributed by atoms with Crippen LogP contribution < -0.4 is 5.73 Å². The van der Waals surface area contributed by atoms with Gasteiger partial charge in [-0.2, -0.15) is 5.10 Å². The van der Waals surface area contributed by atoms with Crippen LogP contribution in [0.4, 0.5) is 0 Å². The molecule has 1 fully saturated rings. The van der Waals surface area contributed by atoms with Crippen molar-refractivity contribution in [3.8, 4) is 0 Å². The number of hydrogen-bond donors (Lipinski definition) is 1. The van der Waals surface area contributed by atoms with Gasteiger partial charge in [-0.15, -0.1) is 0 Å². The molecule has 0 aromatic carbocycles. The number of nitrogens with two attached hydrogens (primary N) is 1. The van der Waals surface area contributed by atoms with Crippen LogP contribution in [0.3, 0.4) is 0 Å². The van der Waals surface area contributed by atoms with Crippen LogP contribution in [-0.4, -0.2) is 41.9 Å². The van der Waals surface area contributed by atoms with Crippen molar-refractivity contribution in [2.75, 3.05) is 27.2 Å². The van der Waals surface area contributed by atoms with Gasteiger partial charge in [0.25, 0.3) is 0 Å². The summed E-state index contributed by atoms with van der Waals surface area (Å²) in [6, 6.07) is 0.601. The van der Waals surface area contributed by atoms with Gasteiger partial charge in [0.15, 0.2) is 0 Å². The zero-order chi connectivity index (χ0) is 14.6. The van der Waals surface area contributed by atoms with Gasteiger partial charge in [-0.3, -0.25) is 4.68 Å². The molecule has 2 N–H and O–H groups in total. The van der Waals surface area contributed by atoms with E-state index in [-0.39, 0.29) is 0 Å². The van der Waals surface area contributed by atoms with Gasteiger partial charge in [0.2, 0.25) is 0 Å². The van der Waals surface area contributed by atoms with Crippen molar-refractivity contribution in [3.63, 3.8) is 0 Å². The molecule has 108 valence electrons. The molecular formula is C14H32N4. The van der Waals surface area contributed by atoms with Gasteiger partial charge >= 0.3 is 0 Å². The van der Waals surface area contributed by atoms with E-state index in [1.54, 1.807) is 0 Å². The number of aryl methyl sites for hydroxylation is 1. The fourth-order valence-corrected chi connectivity index (χ4v) is 1.76. The molecule has 4 heteroatoms. The van der Waals surface area contributed by atoms with Crippen molar-refractivity contribution >= 4 is 0 Å². The Morgan fingerprint density at radius 2 is 1.78 bits per heavy atom. The van der Waals surface area contributed by atoms with Crippen LogP contribution in [0.2, 0.25) is 0 Å². The zero-order valence-corrected chi connectivity index (χ0v) is 13.3. The Kier molecular flexibility index (Phi) is 13.6. The van der Waals surface area contributed by atoms with Gasteiger partial charge in [0, 0.05) is 12.7 Å². The molecule has 0 spiro atoms. The molecule has 1 aliphatic heterocycles. The molecule has 18 heavy (non-hydrogen) atoms. The summed E-state index contributed by atoms with van der Waals surface area (Å²) in [6.45, 7) is 12.4. The number of rotatable bonds is 1. The summed E-state index contributed by atoms with van der Waals surface area (Å²) in [5.74, 6) is 0. The summed E-state index contributed by atoms with van der Waals surface area (Å²) >= 11 is 0. The minimum absolute atomic E-state index is 0.601. The van der Waals surface area contributed by atoms with Gasteiger partial charge in [-0.05, 0) is 39.5 Å². The first kappa shape index (κ1) is 19.5. The second kappa shape index (κ2) is 12.6. The highest BCUT2D eigenvalue weighted by Crippen LogP contribution is 2.19. The maximum absolute atomic E-state index is 4.50. The number of hydrogen-bond acceptors (Lipinski definition) is 3. The van der Waals surface area contributed by atoms with Gasteiger partial charge in [0.05, 0.1) is 12.2 Å². The van der Waals surface area contributed by atoms with Crippen molar-refractivity contribution in [2.24, 2.45) is 5.73 Å². The van der Waals surface area contributed by atoms with E-state index < -0.39 is 0 Å². The van der Waals surface area contributed by atoms with Gasteiger partial charge in [-0.1, -0.05) is 27.7 Å². The molecule has 1 aromatic rings. The molecule has 1 aliphatic rings. The number of likely N-dealkylation sites (N-methyl/N-ethyl adjacent to an activating group) is 1. The molecule has 0 radical (unpaired) electrons. The predicted octanol–water partition coefficient (Wildman–Crippen LogP) is 2.70. The topological polar surface area (TPSA) is 47.1 Å². The van der Waals surface area contributed by atoms with E-state index >= 15 is 0 Å². The molecule has 2 heterocycles. The van der Waals surface area contributed by atoms with E-state index in [0.29, 0.717) is 6.04 Å². The summed E-state index contributed by atoms with van der Waals surface area (Å²) in [4.78, 5) is 2.35. The molecule has 0 aliphatic carbocycles. The Labute approximate surface area is 113 Å². The highest BCUT2D eigenvalue weighted by molar-refractivity contribution is 5.01. The average Bonchev–Trinajstić information content (AvgIpc) is 3.05. The first-order valence-electron chi connectivity index (χ1n) is 7.03. The lowest BCUT2D eigenvalue weighted by Gasteiger charge is -2.10. The molecule has 4 nitrogen and oxygen atoms in total. The highest BCUT2D eigenvalue weighted by atomic mass is 15.3. The van der Waals surface area contributed by atoms with Crippen LogP contribution in [0.5, 0.6) is 0 Å². The lowest BCUT2D eigenvalue weighted by atomic mass is 10.3. The van der Waals surface area contributed by atoms with Crippen LogP contribution in [0.25, 0.3) is 0 Å². The Morgan fingerprint density at radius 1 is 1.22 bits per heavy atom. The Bertz CT molecular complexity index is 271. The normalized spacial score (nSPS) is 17.7. The SMILES string of the molecule is CC.CC.CN.Cc1cnn(C2CCN(C)C2)c1. The summed E-state index contributed by atoms with van der Waals surface area (Å²) in [5.41, 5.74) is 5.75. The van der Waals surface area contributed by atoms with E-state index in [1.165, 1.54) is 25.6 Å². The zero-order valence-electron chi connectivity index (χ0n) is 13.3. The van der Waals surface area contributed by atoms with E-state index in [4.69, 9.17) is 0 Å². The monoisotopic (exact) mass is 256 g/mol. The maximum atomic E-state index is 4.50. The van der Waals surface area contributed by atoms with Crippen molar-refractivity contribution in [3.05, 3.63) is 18.0 Å². The number of likely N-dealkylation sites (tertiary alicyclic amines) is 1. The summed E-state index contributed by atoms with van der Waals surface area (Å²) in [7, 11) is 3.66.